The van der Waals surface area contributed by atoms with Crippen molar-refractivity contribution >= 4 is 17.1 Å². The Morgan fingerprint density at radius 1 is 1.50 bits per heavy atom. The van der Waals surface area contributed by atoms with E-state index in [2.05, 4.69) is 4.98 Å². The van der Waals surface area contributed by atoms with Crippen LogP contribution >= 0.6 is 0 Å². The highest BCUT2D eigenvalue weighted by molar-refractivity contribution is 5.88. The Morgan fingerprint density at radius 2 is 2.25 bits per heavy atom. The van der Waals surface area contributed by atoms with E-state index in [0.717, 1.165) is 17.5 Å². The van der Waals surface area contributed by atoms with Crippen LogP contribution in [-0.2, 0) is 6.42 Å². The average molecular weight is 218 g/mol. The van der Waals surface area contributed by atoms with E-state index >= 15 is 0 Å². The number of hydrogen-bond acceptors (Lipinski definition) is 2. The van der Waals surface area contributed by atoms with Crippen LogP contribution < -0.4 is 0 Å². The molecule has 0 radical (unpaired) electrons. The Morgan fingerprint density at radius 3 is 2.88 bits per heavy atom. The summed E-state index contributed by atoms with van der Waals surface area (Å²) >= 11 is 0. The van der Waals surface area contributed by atoms with Gasteiger partial charge in [-0.05, 0) is 25.0 Å². The third-order valence-corrected chi connectivity index (χ3v) is 2.62. The number of fused-ring (bicyclic) bond motifs is 1. The van der Waals surface area contributed by atoms with E-state index in [-0.39, 0.29) is 0 Å². The number of carboxylic acid groups (broad SMARTS) is 1. The Labute approximate surface area is 93.5 Å². The van der Waals surface area contributed by atoms with E-state index < -0.39 is 6.09 Å². The van der Waals surface area contributed by atoms with E-state index in [1.165, 1.54) is 4.57 Å². The molecule has 1 heterocycles. The van der Waals surface area contributed by atoms with Crippen LogP contribution in [-0.4, -0.2) is 20.8 Å². The Bertz CT molecular complexity index is 543. The molecule has 1 N–H and O–H groups in total. The van der Waals surface area contributed by atoms with Crippen molar-refractivity contribution in [2.75, 3.05) is 0 Å². The first kappa shape index (κ1) is 10.7. The maximum atomic E-state index is 11.2. The fraction of sp³-hybridized carbons (Fsp3) is 0.333. The van der Waals surface area contributed by atoms with Crippen LogP contribution in [0.4, 0.5) is 4.79 Å². The van der Waals surface area contributed by atoms with Gasteiger partial charge in [0.2, 0.25) is 0 Å². The number of benzene rings is 1. The van der Waals surface area contributed by atoms with Gasteiger partial charge in [0.25, 0.3) is 0 Å². The molecule has 0 aliphatic heterocycles. The number of aryl methyl sites for hydroxylation is 2. The summed E-state index contributed by atoms with van der Waals surface area (Å²) in [6.45, 7) is 3.95. The van der Waals surface area contributed by atoms with Gasteiger partial charge in [0.15, 0.2) is 0 Å². The highest BCUT2D eigenvalue weighted by Gasteiger charge is 2.15. The summed E-state index contributed by atoms with van der Waals surface area (Å²) in [5.74, 6) is 0.624. The number of rotatable bonds is 2. The number of aromatic nitrogens is 2. The standard InChI is InChI=1S/C12H14N2O2/c1-3-5-10-13-11-8(2)6-4-7-9(11)14(10)12(15)16/h4,6-7H,3,5H2,1-2H3,(H,15,16). The van der Waals surface area contributed by atoms with Gasteiger partial charge in [0.05, 0.1) is 11.0 Å². The lowest BCUT2D eigenvalue weighted by Crippen LogP contribution is -2.11. The molecule has 0 amide bonds. The van der Waals surface area contributed by atoms with Crippen LogP contribution in [0.25, 0.3) is 11.0 Å². The number of carbonyl (C=O) groups is 1. The molecule has 16 heavy (non-hydrogen) atoms. The van der Waals surface area contributed by atoms with E-state index in [4.69, 9.17) is 0 Å². The SMILES string of the molecule is CCCc1nc2c(C)cccc2n1C(=O)O. The molecule has 4 heteroatoms. The van der Waals surface area contributed by atoms with Crippen LogP contribution in [0, 0.1) is 6.92 Å². The predicted octanol–water partition coefficient (Wildman–Crippen LogP) is 2.82. The topological polar surface area (TPSA) is 55.1 Å². The highest BCUT2D eigenvalue weighted by atomic mass is 16.4. The third-order valence-electron chi connectivity index (χ3n) is 2.62. The molecule has 0 unspecified atom stereocenters. The summed E-state index contributed by atoms with van der Waals surface area (Å²) in [7, 11) is 0. The third kappa shape index (κ3) is 1.56. The van der Waals surface area contributed by atoms with E-state index in [1.54, 1.807) is 6.07 Å². The lowest BCUT2D eigenvalue weighted by molar-refractivity contribution is 0.196. The van der Waals surface area contributed by atoms with Crippen molar-refractivity contribution in [1.82, 2.24) is 9.55 Å². The van der Waals surface area contributed by atoms with Crippen molar-refractivity contribution in [3.8, 4) is 0 Å². The molecular formula is C12H14N2O2. The molecular weight excluding hydrogens is 204 g/mol. The number of para-hydroxylation sites is 1. The molecule has 0 spiro atoms. The zero-order valence-electron chi connectivity index (χ0n) is 9.40. The van der Waals surface area contributed by atoms with Crippen LogP contribution in [0.1, 0.15) is 24.7 Å². The molecule has 0 saturated heterocycles. The first-order valence-corrected chi connectivity index (χ1v) is 5.35. The molecule has 2 rings (SSSR count). The summed E-state index contributed by atoms with van der Waals surface area (Å²) in [5, 5.41) is 9.19. The molecule has 1 aromatic carbocycles. The molecule has 2 aromatic rings. The summed E-state index contributed by atoms with van der Waals surface area (Å²) in [4.78, 5) is 15.6. The molecule has 0 atom stereocenters. The lowest BCUT2D eigenvalue weighted by atomic mass is 10.2. The first-order valence-electron chi connectivity index (χ1n) is 5.35. The van der Waals surface area contributed by atoms with Crippen molar-refractivity contribution in [3.05, 3.63) is 29.6 Å². The van der Waals surface area contributed by atoms with Gasteiger partial charge in [-0.3, -0.25) is 0 Å². The minimum absolute atomic E-state index is 0.624. The van der Waals surface area contributed by atoms with Crippen LogP contribution in [0.2, 0.25) is 0 Å². The minimum Gasteiger partial charge on any atom is -0.464 e. The summed E-state index contributed by atoms with van der Waals surface area (Å²) < 4.78 is 1.28. The highest BCUT2D eigenvalue weighted by Crippen LogP contribution is 2.20. The van der Waals surface area contributed by atoms with Gasteiger partial charge >= 0.3 is 6.09 Å². The van der Waals surface area contributed by atoms with Gasteiger partial charge in [-0.2, -0.15) is 0 Å². The molecule has 84 valence electrons. The van der Waals surface area contributed by atoms with Crippen molar-refractivity contribution in [2.45, 2.75) is 26.7 Å². The van der Waals surface area contributed by atoms with E-state index in [0.29, 0.717) is 17.8 Å². The summed E-state index contributed by atoms with van der Waals surface area (Å²) in [6, 6.07) is 5.59. The number of hydrogen-bond donors (Lipinski definition) is 1. The van der Waals surface area contributed by atoms with Gasteiger partial charge < -0.3 is 5.11 Å². The first-order chi connectivity index (χ1) is 7.65. The second-order valence-electron chi connectivity index (χ2n) is 3.84. The maximum Gasteiger partial charge on any atom is 0.417 e. The molecule has 4 nitrogen and oxygen atoms in total. The van der Waals surface area contributed by atoms with Crippen LogP contribution in [0.15, 0.2) is 18.2 Å². The minimum atomic E-state index is -0.962. The smallest absolute Gasteiger partial charge is 0.417 e. The van der Waals surface area contributed by atoms with Crippen LogP contribution in [0.3, 0.4) is 0 Å². The van der Waals surface area contributed by atoms with Crippen LogP contribution in [0.5, 0.6) is 0 Å². The molecule has 0 fully saturated rings. The molecule has 0 aliphatic carbocycles. The van der Waals surface area contributed by atoms with Gasteiger partial charge in [0.1, 0.15) is 5.82 Å². The fourth-order valence-electron chi connectivity index (χ4n) is 1.89. The Kier molecular flexibility index (Phi) is 2.64. The monoisotopic (exact) mass is 218 g/mol. The second kappa shape index (κ2) is 3.96. The number of nitrogens with zero attached hydrogens (tertiary/aromatic N) is 2. The Hall–Kier alpha value is -1.84. The lowest BCUT2D eigenvalue weighted by Gasteiger charge is -2.01. The quantitative estimate of drug-likeness (QED) is 0.843. The van der Waals surface area contributed by atoms with Crippen molar-refractivity contribution in [1.29, 1.82) is 0 Å². The van der Waals surface area contributed by atoms with Crippen molar-refractivity contribution in [2.24, 2.45) is 0 Å². The van der Waals surface area contributed by atoms with E-state index in [1.807, 2.05) is 26.0 Å². The molecule has 0 aliphatic rings. The van der Waals surface area contributed by atoms with Gasteiger partial charge in [-0.25, -0.2) is 14.3 Å². The van der Waals surface area contributed by atoms with Crippen molar-refractivity contribution < 1.29 is 9.90 Å². The Balaban J connectivity index is 2.75. The van der Waals surface area contributed by atoms with Gasteiger partial charge in [-0.1, -0.05) is 19.1 Å². The van der Waals surface area contributed by atoms with Crippen molar-refractivity contribution in [3.63, 3.8) is 0 Å². The largest absolute Gasteiger partial charge is 0.464 e. The van der Waals surface area contributed by atoms with Gasteiger partial charge in [-0.15, -0.1) is 0 Å². The average Bonchev–Trinajstić information content (AvgIpc) is 2.58. The zero-order valence-corrected chi connectivity index (χ0v) is 9.40. The maximum absolute atomic E-state index is 11.2. The predicted molar refractivity (Wildman–Crippen MR) is 61.9 cm³/mol. The molecule has 0 saturated carbocycles. The number of imidazole rings is 1. The second-order valence-corrected chi connectivity index (χ2v) is 3.84. The normalized spacial score (nSPS) is 10.9. The molecule has 0 bridgehead atoms. The van der Waals surface area contributed by atoms with Gasteiger partial charge in [0, 0.05) is 6.42 Å². The zero-order chi connectivity index (χ0) is 11.7. The summed E-state index contributed by atoms with van der Waals surface area (Å²) in [5.41, 5.74) is 2.47. The molecule has 1 aromatic heterocycles. The van der Waals surface area contributed by atoms with E-state index in [9.17, 15) is 9.90 Å². The summed E-state index contributed by atoms with van der Waals surface area (Å²) in [6.07, 6.45) is 0.604. The fourth-order valence-corrected chi connectivity index (χ4v) is 1.89.